The number of hydrogen-bond donors (Lipinski definition) is 1. The number of nitrogens with two attached hydrogens (primary N) is 1. The minimum Gasteiger partial charge on any atom is -0.387 e. The Kier molecular flexibility index (Phi) is 3.47. The molecule has 1 aromatic rings. The number of amidine groups is 1. The van der Waals surface area contributed by atoms with Gasteiger partial charge in [0.15, 0.2) is 0 Å². The Morgan fingerprint density at radius 3 is 2.64 bits per heavy atom. The molecule has 2 N–H and O–H groups in total. The average Bonchev–Trinajstić information content (AvgIpc) is 2.11. The summed E-state index contributed by atoms with van der Waals surface area (Å²) in [6.07, 6.45) is 0. The Labute approximate surface area is 87.6 Å². The molecule has 0 aromatic heterocycles. The number of nitrogens with zero attached hydrogens (tertiary/aromatic N) is 1. The van der Waals surface area contributed by atoms with Gasteiger partial charge in [-0.25, -0.2) is 9.38 Å². The van der Waals surface area contributed by atoms with Crippen molar-refractivity contribution in [2.45, 2.75) is 13.8 Å². The van der Waals surface area contributed by atoms with E-state index in [1.807, 2.05) is 13.8 Å². The first-order valence-corrected chi connectivity index (χ1v) is 4.67. The molecular formula is C10H12ClFN2. The summed E-state index contributed by atoms with van der Waals surface area (Å²) in [6, 6.07) is 4.35. The lowest BCUT2D eigenvalue weighted by Crippen LogP contribution is -2.17. The van der Waals surface area contributed by atoms with Crippen LogP contribution in [0.3, 0.4) is 0 Å². The summed E-state index contributed by atoms with van der Waals surface area (Å²) >= 11 is 5.53. The van der Waals surface area contributed by atoms with E-state index in [2.05, 4.69) is 4.99 Å². The second-order valence-corrected chi connectivity index (χ2v) is 3.70. The van der Waals surface area contributed by atoms with Crippen LogP contribution in [0.5, 0.6) is 0 Å². The van der Waals surface area contributed by atoms with Crippen LogP contribution in [0.15, 0.2) is 23.2 Å². The fourth-order valence-corrected chi connectivity index (χ4v) is 0.950. The lowest BCUT2D eigenvalue weighted by atomic mass is 10.2. The maximum absolute atomic E-state index is 13.0. The normalized spacial score (nSPS) is 12.2. The van der Waals surface area contributed by atoms with Gasteiger partial charge in [0.2, 0.25) is 0 Å². The maximum Gasteiger partial charge on any atom is 0.143 e. The third-order valence-electron chi connectivity index (χ3n) is 1.75. The minimum absolute atomic E-state index is 0.0899. The highest BCUT2D eigenvalue weighted by Crippen LogP contribution is 2.21. The number of rotatable bonds is 2. The van der Waals surface area contributed by atoms with Gasteiger partial charge in [-0.05, 0) is 12.1 Å². The summed E-state index contributed by atoms with van der Waals surface area (Å²) in [5.41, 5.74) is 6.12. The van der Waals surface area contributed by atoms with Crippen LogP contribution in [0.4, 0.5) is 10.1 Å². The molecule has 0 heterocycles. The minimum atomic E-state index is -0.482. The van der Waals surface area contributed by atoms with Gasteiger partial charge in [-0.2, -0.15) is 0 Å². The quantitative estimate of drug-likeness (QED) is 0.596. The molecule has 0 unspecified atom stereocenters. The van der Waals surface area contributed by atoms with Gasteiger partial charge in [-0.3, -0.25) is 0 Å². The summed E-state index contributed by atoms with van der Waals surface area (Å²) in [5.74, 6) is 0.143. The molecule has 0 amide bonds. The van der Waals surface area contributed by atoms with Crippen LogP contribution in [-0.2, 0) is 0 Å². The fourth-order valence-electron chi connectivity index (χ4n) is 0.833. The Bertz CT molecular complexity index is 361. The lowest BCUT2D eigenvalue weighted by Gasteiger charge is -2.03. The Morgan fingerprint density at radius 1 is 1.50 bits per heavy atom. The standard InChI is InChI=1S/C10H12ClFN2/c1-6(2)10(13)14-7-3-4-8(11)9(12)5-7/h3-6H,1-2H3,(H2,13,14). The zero-order valence-electron chi connectivity index (χ0n) is 8.09. The van der Waals surface area contributed by atoms with Crippen LogP contribution < -0.4 is 5.73 Å². The molecule has 14 heavy (non-hydrogen) atoms. The van der Waals surface area contributed by atoms with Gasteiger partial charge in [-0.1, -0.05) is 25.4 Å². The summed E-state index contributed by atoms with van der Waals surface area (Å²) in [4.78, 5) is 4.06. The third-order valence-corrected chi connectivity index (χ3v) is 2.06. The Balaban J connectivity index is 2.98. The molecule has 0 saturated carbocycles. The van der Waals surface area contributed by atoms with Gasteiger partial charge >= 0.3 is 0 Å². The van der Waals surface area contributed by atoms with E-state index in [0.29, 0.717) is 11.5 Å². The fraction of sp³-hybridized carbons (Fsp3) is 0.300. The smallest absolute Gasteiger partial charge is 0.143 e. The van der Waals surface area contributed by atoms with Crippen LogP contribution in [0.1, 0.15) is 13.8 Å². The van der Waals surface area contributed by atoms with E-state index in [-0.39, 0.29) is 10.9 Å². The molecule has 0 aliphatic heterocycles. The zero-order chi connectivity index (χ0) is 10.7. The van der Waals surface area contributed by atoms with Gasteiger partial charge in [0.05, 0.1) is 10.7 Å². The summed E-state index contributed by atoms with van der Waals surface area (Å²) in [6.45, 7) is 3.84. The SMILES string of the molecule is CC(C)C(N)=Nc1ccc(Cl)c(F)c1. The average molecular weight is 215 g/mol. The second kappa shape index (κ2) is 4.42. The van der Waals surface area contributed by atoms with Crippen molar-refractivity contribution in [1.82, 2.24) is 0 Å². The molecule has 0 saturated heterocycles. The third kappa shape index (κ3) is 2.70. The Hall–Kier alpha value is -1.09. The molecule has 0 atom stereocenters. The predicted octanol–water partition coefficient (Wildman–Crippen LogP) is 3.12. The topological polar surface area (TPSA) is 38.4 Å². The van der Waals surface area contributed by atoms with Crippen LogP contribution in [-0.4, -0.2) is 5.84 Å². The number of benzene rings is 1. The van der Waals surface area contributed by atoms with Crippen molar-refractivity contribution >= 4 is 23.1 Å². The molecule has 0 fully saturated rings. The van der Waals surface area contributed by atoms with E-state index in [1.54, 1.807) is 6.07 Å². The van der Waals surface area contributed by atoms with Crippen molar-refractivity contribution < 1.29 is 4.39 Å². The van der Waals surface area contributed by atoms with Crippen molar-refractivity contribution in [3.8, 4) is 0 Å². The van der Waals surface area contributed by atoms with E-state index in [1.165, 1.54) is 12.1 Å². The molecule has 76 valence electrons. The van der Waals surface area contributed by atoms with Gasteiger partial charge in [0.25, 0.3) is 0 Å². The van der Waals surface area contributed by atoms with Crippen molar-refractivity contribution in [3.05, 3.63) is 29.0 Å². The molecule has 0 aliphatic rings. The van der Waals surface area contributed by atoms with E-state index in [9.17, 15) is 4.39 Å². The van der Waals surface area contributed by atoms with E-state index >= 15 is 0 Å². The van der Waals surface area contributed by atoms with Crippen LogP contribution >= 0.6 is 11.6 Å². The Morgan fingerprint density at radius 2 is 2.14 bits per heavy atom. The number of halogens is 2. The van der Waals surface area contributed by atoms with Crippen molar-refractivity contribution in [3.63, 3.8) is 0 Å². The van der Waals surface area contributed by atoms with Gasteiger partial charge in [0, 0.05) is 12.0 Å². The first-order valence-electron chi connectivity index (χ1n) is 4.30. The molecule has 0 bridgehead atoms. The molecule has 0 spiro atoms. The molecule has 1 aromatic carbocycles. The van der Waals surface area contributed by atoms with Gasteiger partial charge in [-0.15, -0.1) is 0 Å². The lowest BCUT2D eigenvalue weighted by molar-refractivity contribution is 0.628. The summed E-state index contributed by atoms with van der Waals surface area (Å²) in [7, 11) is 0. The van der Waals surface area contributed by atoms with Crippen LogP contribution in [0, 0.1) is 11.7 Å². The maximum atomic E-state index is 13.0. The molecule has 4 heteroatoms. The van der Waals surface area contributed by atoms with E-state index in [0.717, 1.165) is 0 Å². The number of aliphatic imine (C=N–C) groups is 1. The zero-order valence-corrected chi connectivity index (χ0v) is 8.85. The van der Waals surface area contributed by atoms with Crippen LogP contribution in [0.25, 0.3) is 0 Å². The van der Waals surface area contributed by atoms with Crippen LogP contribution in [0.2, 0.25) is 5.02 Å². The molecule has 0 aliphatic carbocycles. The summed E-state index contributed by atoms with van der Waals surface area (Å²) < 4.78 is 13.0. The molecule has 1 rings (SSSR count). The van der Waals surface area contributed by atoms with Crippen molar-refractivity contribution in [1.29, 1.82) is 0 Å². The first-order chi connectivity index (χ1) is 6.50. The molecule has 0 radical (unpaired) electrons. The highest BCUT2D eigenvalue weighted by Gasteiger charge is 2.02. The highest BCUT2D eigenvalue weighted by atomic mass is 35.5. The second-order valence-electron chi connectivity index (χ2n) is 3.29. The van der Waals surface area contributed by atoms with Gasteiger partial charge in [0.1, 0.15) is 11.7 Å². The van der Waals surface area contributed by atoms with E-state index in [4.69, 9.17) is 17.3 Å². The first kappa shape index (κ1) is 11.0. The molecule has 2 nitrogen and oxygen atoms in total. The van der Waals surface area contributed by atoms with E-state index < -0.39 is 5.82 Å². The molecular weight excluding hydrogens is 203 g/mol. The van der Waals surface area contributed by atoms with Gasteiger partial charge < -0.3 is 5.73 Å². The monoisotopic (exact) mass is 214 g/mol. The predicted molar refractivity (Wildman–Crippen MR) is 57.5 cm³/mol. The number of hydrogen-bond acceptors (Lipinski definition) is 1. The largest absolute Gasteiger partial charge is 0.387 e. The highest BCUT2D eigenvalue weighted by molar-refractivity contribution is 6.30. The van der Waals surface area contributed by atoms with Crippen molar-refractivity contribution in [2.75, 3.05) is 0 Å². The van der Waals surface area contributed by atoms with Crippen molar-refractivity contribution in [2.24, 2.45) is 16.6 Å². The summed E-state index contributed by atoms with van der Waals surface area (Å²) in [5, 5.41) is 0.0899.